The van der Waals surface area contributed by atoms with Gasteiger partial charge in [0.05, 0.1) is 0 Å². The highest BCUT2D eigenvalue weighted by atomic mass is 19.1. The molecule has 2 N–H and O–H groups in total. The summed E-state index contributed by atoms with van der Waals surface area (Å²) in [6.45, 7) is 1.96. The molecule has 2 fully saturated rings. The van der Waals surface area contributed by atoms with Crippen molar-refractivity contribution in [2.45, 2.75) is 31.7 Å². The van der Waals surface area contributed by atoms with Crippen LogP contribution < -0.4 is 5.73 Å². The molecular formula is C13H16FN. The molecule has 2 aliphatic rings. The first kappa shape index (κ1) is 9.34. The van der Waals surface area contributed by atoms with E-state index < -0.39 is 0 Å². The number of benzene rings is 1. The second-order valence-corrected chi connectivity index (χ2v) is 5.04. The van der Waals surface area contributed by atoms with Gasteiger partial charge in [-0.05, 0) is 54.9 Å². The number of hydrogen-bond acceptors (Lipinski definition) is 1. The summed E-state index contributed by atoms with van der Waals surface area (Å²) < 4.78 is 13.0. The van der Waals surface area contributed by atoms with Crippen LogP contribution in [0.5, 0.6) is 0 Å². The minimum absolute atomic E-state index is 0.129. The van der Waals surface area contributed by atoms with Crippen molar-refractivity contribution in [3.8, 4) is 0 Å². The van der Waals surface area contributed by atoms with Gasteiger partial charge in [-0.2, -0.15) is 0 Å². The van der Waals surface area contributed by atoms with E-state index in [1.165, 1.54) is 30.9 Å². The highest BCUT2D eigenvalue weighted by molar-refractivity contribution is 5.41. The Morgan fingerprint density at radius 3 is 2.60 bits per heavy atom. The molecule has 2 saturated carbocycles. The van der Waals surface area contributed by atoms with Crippen molar-refractivity contribution in [3.05, 3.63) is 35.1 Å². The summed E-state index contributed by atoms with van der Waals surface area (Å²) in [6, 6.07) is 5.01. The summed E-state index contributed by atoms with van der Waals surface area (Å²) in [7, 11) is 0. The predicted octanol–water partition coefficient (Wildman–Crippen LogP) is 2.72. The van der Waals surface area contributed by atoms with Gasteiger partial charge in [0.25, 0.3) is 0 Å². The van der Waals surface area contributed by atoms with Crippen LogP contribution >= 0.6 is 0 Å². The Labute approximate surface area is 89.5 Å². The number of nitrogens with two attached hydrogens (primary N) is 1. The average Bonchev–Trinajstić information content (AvgIpc) is 2.63. The van der Waals surface area contributed by atoms with E-state index >= 15 is 0 Å². The lowest BCUT2D eigenvalue weighted by Crippen LogP contribution is -2.26. The minimum atomic E-state index is -0.161. The van der Waals surface area contributed by atoms with Gasteiger partial charge in [0.15, 0.2) is 0 Å². The van der Waals surface area contributed by atoms with Crippen LogP contribution in [0.25, 0.3) is 0 Å². The first-order valence-electron chi connectivity index (χ1n) is 5.69. The van der Waals surface area contributed by atoms with Crippen LogP contribution in [0.3, 0.4) is 0 Å². The molecule has 15 heavy (non-hydrogen) atoms. The molecule has 0 saturated heterocycles. The predicted molar refractivity (Wildman–Crippen MR) is 57.8 cm³/mol. The molecule has 0 radical (unpaired) electrons. The lowest BCUT2D eigenvalue weighted by molar-refractivity contribution is 0.522. The van der Waals surface area contributed by atoms with Crippen LogP contribution in [0.15, 0.2) is 18.2 Å². The normalized spacial score (nSPS) is 37.8. The smallest absolute Gasteiger partial charge is 0.123 e. The van der Waals surface area contributed by atoms with E-state index in [1.807, 2.05) is 13.0 Å². The molecule has 3 rings (SSSR count). The zero-order valence-electron chi connectivity index (χ0n) is 8.96. The second-order valence-electron chi connectivity index (χ2n) is 5.04. The number of hydrogen-bond donors (Lipinski definition) is 1. The van der Waals surface area contributed by atoms with Gasteiger partial charge >= 0.3 is 0 Å². The molecule has 0 bridgehead atoms. The van der Waals surface area contributed by atoms with Crippen molar-refractivity contribution >= 4 is 0 Å². The zero-order chi connectivity index (χ0) is 10.6. The number of rotatable bonds is 1. The third-order valence-electron chi connectivity index (χ3n) is 4.29. The van der Waals surface area contributed by atoms with Crippen LogP contribution in [0.1, 0.15) is 30.4 Å². The fourth-order valence-corrected chi connectivity index (χ4v) is 3.51. The SMILES string of the molecule is Cc1cc(F)ccc1C1(N)C2CCCC21. The molecule has 1 nitrogen and oxygen atoms in total. The van der Waals surface area contributed by atoms with Crippen molar-refractivity contribution in [3.63, 3.8) is 0 Å². The van der Waals surface area contributed by atoms with E-state index in [1.54, 1.807) is 6.07 Å². The van der Waals surface area contributed by atoms with Gasteiger partial charge in [-0.1, -0.05) is 12.5 Å². The Hall–Kier alpha value is -0.890. The largest absolute Gasteiger partial charge is 0.321 e. The molecule has 0 aliphatic heterocycles. The molecule has 2 unspecified atom stereocenters. The van der Waals surface area contributed by atoms with E-state index in [0.717, 1.165) is 5.56 Å². The lowest BCUT2D eigenvalue weighted by atomic mass is 9.93. The molecule has 0 amide bonds. The van der Waals surface area contributed by atoms with Gasteiger partial charge in [-0.3, -0.25) is 0 Å². The van der Waals surface area contributed by atoms with Gasteiger partial charge in [0, 0.05) is 5.54 Å². The average molecular weight is 205 g/mol. The molecule has 0 heterocycles. The van der Waals surface area contributed by atoms with Crippen molar-refractivity contribution in [1.29, 1.82) is 0 Å². The summed E-state index contributed by atoms with van der Waals surface area (Å²) in [6.07, 6.45) is 3.81. The summed E-state index contributed by atoms with van der Waals surface area (Å²) in [5.74, 6) is 1.15. The molecule has 2 heteroatoms. The lowest BCUT2D eigenvalue weighted by Gasteiger charge is -2.18. The Bertz CT molecular complexity index is 403. The highest BCUT2D eigenvalue weighted by Crippen LogP contribution is 2.64. The van der Waals surface area contributed by atoms with Gasteiger partial charge in [0.2, 0.25) is 0 Å². The first-order chi connectivity index (χ1) is 7.14. The van der Waals surface area contributed by atoms with Crippen LogP contribution in [-0.4, -0.2) is 0 Å². The van der Waals surface area contributed by atoms with Crippen LogP contribution in [-0.2, 0) is 5.54 Å². The minimum Gasteiger partial charge on any atom is -0.321 e. The summed E-state index contributed by atoms with van der Waals surface area (Å²) >= 11 is 0. The number of halogens is 1. The van der Waals surface area contributed by atoms with Gasteiger partial charge in [0.1, 0.15) is 5.82 Å². The zero-order valence-corrected chi connectivity index (χ0v) is 8.96. The van der Waals surface area contributed by atoms with E-state index in [0.29, 0.717) is 11.8 Å². The third-order valence-corrected chi connectivity index (χ3v) is 4.29. The standard InChI is InChI=1S/C13H16FN/c1-8-7-9(14)5-6-10(8)13(15)11-3-2-4-12(11)13/h5-7,11-12H,2-4,15H2,1H3. The molecule has 2 aliphatic carbocycles. The Balaban J connectivity index is 2.00. The molecule has 1 aromatic carbocycles. The molecular weight excluding hydrogens is 189 g/mol. The van der Waals surface area contributed by atoms with Gasteiger partial charge < -0.3 is 5.73 Å². The van der Waals surface area contributed by atoms with Crippen LogP contribution in [0.2, 0.25) is 0 Å². The molecule has 80 valence electrons. The maximum atomic E-state index is 13.0. The Morgan fingerprint density at radius 2 is 2.00 bits per heavy atom. The summed E-state index contributed by atoms with van der Waals surface area (Å²) in [5.41, 5.74) is 8.49. The summed E-state index contributed by atoms with van der Waals surface area (Å²) in [5, 5.41) is 0. The number of fused-ring (bicyclic) bond motifs is 1. The van der Waals surface area contributed by atoms with Crippen LogP contribution in [0.4, 0.5) is 4.39 Å². The van der Waals surface area contributed by atoms with Gasteiger partial charge in [-0.25, -0.2) is 4.39 Å². The molecule has 0 spiro atoms. The quantitative estimate of drug-likeness (QED) is 0.749. The third kappa shape index (κ3) is 1.11. The topological polar surface area (TPSA) is 26.0 Å². The molecule has 1 aromatic rings. The van der Waals surface area contributed by atoms with Crippen molar-refractivity contribution < 1.29 is 4.39 Å². The highest BCUT2D eigenvalue weighted by Gasteiger charge is 2.64. The van der Waals surface area contributed by atoms with Gasteiger partial charge in [-0.15, -0.1) is 0 Å². The Kier molecular flexibility index (Phi) is 1.76. The maximum absolute atomic E-state index is 13.0. The first-order valence-corrected chi connectivity index (χ1v) is 5.69. The van der Waals surface area contributed by atoms with Crippen molar-refractivity contribution in [1.82, 2.24) is 0 Å². The fourth-order valence-electron chi connectivity index (χ4n) is 3.51. The molecule has 0 aromatic heterocycles. The maximum Gasteiger partial charge on any atom is 0.123 e. The Morgan fingerprint density at radius 1 is 1.33 bits per heavy atom. The van der Waals surface area contributed by atoms with E-state index in [2.05, 4.69) is 0 Å². The second kappa shape index (κ2) is 2.82. The van der Waals surface area contributed by atoms with E-state index in [9.17, 15) is 4.39 Å². The molecule has 2 atom stereocenters. The van der Waals surface area contributed by atoms with Crippen LogP contribution in [0, 0.1) is 24.6 Å². The summed E-state index contributed by atoms with van der Waals surface area (Å²) in [4.78, 5) is 0. The van der Waals surface area contributed by atoms with Crippen molar-refractivity contribution in [2.75, 3.05) is 0 Å². The van der Waals surface area contributed by atoms with Crippen molar-refractivity contribution in [2.24, 2.45) is 17.6 Å². The van der Waals surface area contributed by atoms with E-state index in [4.69, 9.17) is 5.73 Å². The monoisotopic (exact) mass is 205 g/mol. The van der Waals surface area contributed by atoms with E-state index in [-0.39, 0.29) is 11.4 Å². The number of aryl methyl sites for hydroxylation is 1. The fraction of sp³-hybridized carbons (Fsp3) is 0.538.